The molecule has 0 bridgehead atoms. The molecule has 1 aliphatic carbocycles. The summed E-state index contributed by atoms with van der Waals surface area (Å²) in [5.41, 5.74) is 7.48. The van der Waals surface area contributed by atoms with E-state index < -0.39 is 0 Å². The summed E-state index contributed by atoms with van der Waals surface area (Å²) in [7, 11) is 0. The Morgan fingerprint density at radius 1 is 1.00 bits per heavy atom. The van der Waals surface area contributed by atoms with Gasteiger partial charge in [-0.15, -0.1) is 0 Å². The first-order chi connectivity index (χ1) is 13.8. The van der Waals surface area contributed by atoms with Crippen molar-refractivity contribution >= 4 is 11.0 Å². The maximum atomic E-state index is 9.91. The number of aromatic nitrogens is 2. The van der Waals surface area contributed by atoms with Gasteiger partial charge in [-0.1, -0.05) is 54.6 Å². The molecule has 0 aliphatic heterocycles. The van der Waals surface area contributed by atoms with Crippen molar-refractivity contribution < 1.29 is 4.74 Å². The number of pyridine rings is 2. The number of hydrogen-bond acceptors (Lipinski definition) is 4. The Labute approximate surface area is 163 Å². The highest BCUT2D eigenvalue weighted by Gasteiger charge is 2.24. The third-order valence-electron chi connectivity index (χ3n) is 5.14. The average Bonchev–Trinajstić information content (AvgIpc) is 3.09. The van der Waals surface area contributed by atoms with Gasteiger partial charge in [0.2, 0.25) is 5.88 Å². The molecule has 4 heteroatoms. The molecule has 2 heterocycles. The molecule has 1 aliphatic rings. The van der Waals surface area contributed by atoms with Gasteiger partial charge in [-0.2, -0.15) is 10.2 Å². The van der Waals surface area contributed by atoms with Gasteiger partial charge in [0.05, 0.1) is 12.3 Å². The summed E-state index contributed by atoms with van der Waals surface area (Å²) in [6.07, 6.45) is 0.799. The number of fused-ring (bicyclic) bond motifs is 4. The quantitative estimate of drug-likeness (QED) is 0.445. The fraction of sp³-hybridized carbons (Fsp3) is 0.125. The van der Waals surface area contributed by atoms with Gasteiger partial charge >= 0.3 is 0 Å². The molecule has 0 saturated heterocycles. The van der Waals surface area contributed by atoms with Crippen LogP contribution in [0.5, 0.6) is 5.88 Å². The molecule has 0 unspecified atom stereocenters. The topological polar surface area (TPSA) is 58.8 Å². The molecule has 0 radical (unpaired) electrons. The standard InChI is InChI=1S/C24H17N3O/c1-2-28-24-20(14-25)22(15-8-4-3-5-9-15)19-13-18-17-11-7-6-10-16(17)12-21(18)26-23(19)27-24/h3-11,13H,2,12H2,1H3. The van der Waals surface area contributed by atoms with Crippen LogP contribution in [0.4, 0.5) is 0 Å². The van der Waals surface area contributed by atoms with Crippen molar-refractivity contribution in [3.63, 3.8) is 0 Å². The van der Waals surface area contributed by atoms with E-state index in [0.717, 1.165) is 34.2 Å². The van der Waals surface area contributed by atoms with Gasteiger partial charge in [-0.3, -0.25) is 0 Å². The lowest BCUT2D eigenvalue weighted by Crippen LogP contribution is -2.02. The Bertz CT molecular complexity index is 1260. The van der Waals surface area contributed by atoms with Crippen LogP contribution in [0.15, 0.2) is 60.7 Å². The van der Waals surface area contributed by atoms with Gasteiger partial charge < -0.3 is 4.74 Å². The van der Waals surface area contributed by atoms with E-state index >= 15 is 0 Å². The van der Waals surface area contributed by atoms with Crippen LogP contribution in [0.3, 0.4) is 0 Å². The zero-order valence-corrected chi connectivity index (χ0v) is 15.4. The smallest absolute Gasteiger partial charge is 0.234 e. The van der Waals surface area contributed by atoms with Gasteiger partial charge in [0, 0.05) is 22.9 Å². The summed E-state index contributed by atoms with van der Waals surface area (Å²) in [5.74, 6) is 0.347. The largest absolute Gasteiger partial charge is 0.477 e. The second kappa shape index (κ2) is 6.47. The summed E-state index contributed by atoms with van der Waals surface area (Å²) in [4.78, 5) is 9.48. The van der Waals surface area contributed by atoms with Crippen LogP contribution in [0.1, 0.15) is 23.7 Å². The summed E-state index contributed by atoms with van der Waals surface area (Å²) in [5, 5.41) is 10.8. The predicted octanol–water partition coefficient (Wildman–Crippen LogP) is 5.14. The van der Waals surface area contributed by atoms with Crippen LogP contribution in [0, 0.1) is 11.3 Å². The van der Waals surface area contributed by atoms with E-state index in [1.807, 2.05) is 43.3 Å². The van der Waals surface area contributed by atoms with E-state index in [0.29, 0.717) is 23.7 Å². The van der Waals surface area contributed by atoms with Gasteiger partial charge in [-0.05, 0) is 29.7 Å². The van der Waals surface area contributed by atoms with E-state index in [4.69, 9.17) is 9.72 Å². The summed E-state index contributed by atoms with van der Waals surface area (Å²) >= 11 is 0. The molecule has 0 amide bonds. The molecular weight excluding hydrogens is 346 g/mol. The summed E-state index contributed by atoms with van der Waals surface area (Å²) in [6.45, 7) is 2.33. The van der Waals surface area contributed by atoms with Crippen molar-refractivity contribution in [3.05, 3.63) is 77.5 Å². The van der Waals surface area contributed by atoms with E-state index in [1.165, 1.54) is 11.1 Å². The van der Waals surface area contributed by atoms with Crippen LogP contribution in [-0.4, -0.2) is 16.6 Å². The lowest BCUT2D eigenvalue weighted by molar-refractivity contribution is 0.327. The Hall–Kier alpha value is -3.71. The maximum absolute atomic E-state index is 9.91. The third kappa shape index (κ3) is 2.44. The molecule has 4 aromatic rings. The van der Waals surface area contributed by atoms with Crippen LogP contribution in [0.2, 0.25) is 0 Å². The van der Waals surface area contributed by atoms with Crippen molar-refractivity contribution in [1.82, 2.24) is 9.97 Å². The van der Waals surface area contributed by atoms with Crippen molar-refractivity contribution in [2.24, 2.45) is 0 Å². The molecule has 0 N–H and O–H groups in total. The van der Waals surface area contributed by atoms with E-state index in [2.05, 4.69) is 35.3 Å². The van der Waals surface area contributed by atoms with Crippen molar-refractivity contribution in [2.45, 2.75) is 13.3 Å². The molecule has 0 fully saturated rings. The average molecular weight is 363 g/mol. The fourth-order valence-corrected chi connectivity index (χ4v) is 3.94. The third-order valence-corrected chi connectivity index (χ3v) is 5.14. The van der Waals surface area contributed by atoms with Gasteiger partial charge in [0.25, 0.3) is 0 Å². The van der Waals surface area contributed by atoms with Crippen molar-refractivity contribution in [2.75, 3.05) is 6.61 Å². The first kappa shape index (κ1) is 16.5. The minimum Gasteiger partial charge on any atom is -0.477 e. The molecular formula is C24H17N3O. The number of nitriles is 1. The molecule has 5 rings (SSSR count). The van der Waals surface area contributed by atoms with Crippen LogP contribution >= 0.6 is 0 Å². The highest BCUT2D eigenvalue weighted by Crippen LogP contribution is 2.41. The Balaban J connectivity index is 1.88. The van der Waals surface area contributed by atoms with E-state index in [9.17, 15) is 5.26 Å². The molecule has 0 saturated carbocycles. The Morgan fingerprint density at radius 3 is 2.57 bits per heavy atom. The molecule has 2 aromatic carbocycles. The van der Waals surface area contributed by atoms with Gasteiger partial charge in [0.15, 0.2) is 5.65 Å². The lowest BCUT2D eigenvalue weighted by atomic mass is 9.96. The molecule has 0 spiro atoms. The van der Waals surface area contributed by atoms with Crippen LogP contribution in [-0.2, 0) is 6.42 Å². The van der Waals surface area contributed by atoms with Crippen LogP contribution in [0.25, 0.3) is 33.3 Å². The summed E-state index contributed by atoms with van der Waals surface area (Å²) in [6, 6.07) is 22.7. The Morgan fingerprint density at radius 2 is 1.79 bits per heavy atom. The minimum absolute atomic E-state index is 0.347. The number of ether oxygens (including phenoxy) is 1. The zero-order valence-electron chi connectivity index (χ0n) is 15.4. The molecule has 2 aromatic heterocycles. The van der Waals surface area contributed by atoms with E-state index in [-0.39, 0.29) is 0 Å². The molecule has 0 atom stereocenters. The maximum Gasteiger partial charge on any atom is 0.234 e. The van der Waals surface area contributed by atoms with E-state index in [1.54, 1.807) is 0 Å². The summed E-state index contributed by atoms with van der Waals surface area (Å²) < 4.78 is 5.71. The monoisotopic (exact) mass is 363 g/mol. The second-order valence-corrected chi connectivity index (χ2v) is 6.77. The number of rotatable bonds is 3. The number of hydrogen-bond donors (Lipinski definition) is 0. The van der Waals surface area contributed by atoms with Crippen LogP contribution < -0.4 is 4.74 Å². The Kier molecular flexibility index (Phi) is 3.80. The van der Waals surface area contributed by atoms with Crippen molar-refractivity contribution in [3.8, 4) is 34.2 Å². The highest BCUT2D eigenvalue weighted by atomic mass is 16.5. The fourth-order valence-electron chi connectivity index (χ4n) is 3.94. The number of benzene rings is 2. The SMILES string of the molecule is CCOc1nc2nc3c(cc2c(-c2ccccc2)c1C#N)-c1ccccc1C3. The first-order valence-corrected chi connectivity index (χ1v) is 9.34. The molecule has 28 heavy (non-hydrogen) atoms. The molecule has 134 valence electrons. The minimum atomic E-state index is 0.347. The number of nitrogens with zero attached hydrogens (tertiary/aromatic N) is 3. The lowest BCUT2D eigenvalue weighted by Gasteiger charge is -2.14. The molecule has 4 nitrogen and oxygen atoms in total. The predicted molar refractivity (Wildman–Crippen MR) is 109 cm³/mol. The van der Waals surface area contributed by atoms with Gasteiger partial charge in [0.1, 0.15) is 11.6 Å². The zero-order chi connectivity index (χ0) is 19.1. The van der Waals surface area contributed by atoms with Gasteiger partial charge in [-0.25, -0.2) is 4.98 Å². The van der Waals surface area contributed by atoms with Crippen molar-refractivity contribution in [1.29, 1.82) is 5.26 Å². The first-order valence-electron chi connectivity index (χ1n) is 9.34. The normalized spacial score (nSPS) is 11.7. The highest BCUT2D eigenvalue weighted by molar-refractivity contribution is 6.00. The second-order valence-electron chi connectivity index (χ2n) is 6.77.